The molecule has 3 amide bonds. The van der Waals surface area contributed by atoms with E-state index in [-0.39, 0.29) is 6.10 Å². The van der Waals surface area contributed by atoms with Crippen molar-refractivity contribution in [2.45, 2.75) is 46.1 Å². The van der Waals surface area contributed by atoms with E-state index in [0.717, 1.165) is 29.5 Å². The predicted octanol–water partition coefficient (Wildman–Crippen LogP) is 5.12. The van der Waals surface area contributed by atoms with Crippen molar-refractivity contribution in [2.24, 2.45) is 5.92 Å². The molecular weight excluding hydrogens is 380 g/mol. The molecule has 158 valence electrons. The number of aromatic amines is 1. The summed E-state index contributed by atoms with van der Waals surface area (Å²) in [5, 5.41) is 12.7. The topological polar surface area (TPSA) is 96.1 Å². The van der Waals surface area contributed by atoms with Crippen molar-refractivity contribution in [3.63, 3.8) is 0 Å². The number of urea groups is 1. The molecule has 0 fully saturated rings. The smallest absolute Gasteiger partial charge is 0.327 e. The van der Waals surface area contributed by atoms with Gasteiger partial charge in [0.1, 0.15) is 5.75 Å². The fourth-order valence-electron chi connectivity index (χ4n) is 3.18. The maximum absolute atomic E-state index is 12.2. The first-order chi connectivity index (χ1) is 14.4. The van der Waals surface area contributed by atoms with E-state index in [1.54, 1.807) is 30.3 Å². The van der Waals surface area contributed by atoms with Crippen molar-refractivity contribution < 1.29 is 14.3 Å². The van der Waals surface area contributed by atoms with Crippen molar-refractivity contribution >= 4 is 28.7 Å². The summed E-state index contributed by atoms with van der Waals surface area (Å²) in [6.45, 7) is 6.51. The highest BCUT2D eigenvalue weighted by atomic mass is 16.5. The van der Waals surface area contributed by atoms with Gasteiger partial charge in [0.05, 0.1) is 11.6 Å². The average Bonchev–Trinajstić information content (AvgIpc) is 3.10. The minimum Gasteiger partial charge on any atom is -0.491 e. The lowest BCUT2D eigenvalue weighted by molar-refractivity contribution is 0.0967. The van der Waals surface area contributed by atoms with Gasteiger partial charge in [0.15, 0.2) is 5.82 Å². The van der Waals surface area contributed by atoms with Crippen molar-refractivity contribution in [3.8, 4) is 5.75 Å². The number of nitrogens with one attached hydrogen (secondary N) is 3. The summed E-state index contributed by atoms with van der Waals surface area (Å²) < 4.78 is 6.00. The second kappa shape index (κ2) is 9.91. The Morgan fingerprint density at radius 2 is 1.83 bits per heavy atom. The van der Waals surface area contributed by atoms with Crippen LogP contribution in [-0.4, -0.2) is 28.2 Å². The lowest BCUT2D eigenvalue weighted by Gasteiger charge is -2.15. The van der Waals surface area contributed by atoms with Crippen molar-refractivity contribution in [3.05, 3.63) is 54.1 Å². The lowest BCUT2D eigenvalue weighted by atomic mass is 10.0. The Balaban J connectivity index is 1.59. The van der Waals surface area contributed by atoms with Gasteiger partial charge in [-0.15, -0.1) is 0 Å². The highest BCUT2D eigenvalue weighted by Crippen LogP contribution is 2.26. The summed E-state index contributed by atoms with van der Waals surface area (Å²) in [5.41, 5.74) is 1.15. The number of amides is 3. The number of hydrogen-bond acceptors (Lipinski definition) is 4. The molecule has 1 unspecified atom stereocenters. The van der Waals surface area contributed by atoms with Gasteiger partial charge in [-0.25, -0.2) is 4.79 Å². The van der Waals surface area contributed by atoms with E-state index in [0.29, 0.717) is 17.3 Å². The number of nitrogens with zero attached hydrogens (tertiary/aromatic N) is 1. The summed E-state index contributed by atoms with van der Waals surface area (Å²) in [6, 6.07) is 13.5. The molecule has 0 aliphatic rings. The Morgan fingerprint density at radius 3 is 2.57 bits per heavy atom. The summed E-state index contributed by atoms with van der Waals surface area (Å²) in [4.78, 5) is 24.3. The van der Waals surface area contributed by atoms with Crippen molar-refractivity contribution in [2.75, 3.05) is 5.32 Å². The van der Waals surface area contributed by atoms with Gasteiger partial charge in [-0.2, -0.15) is 5.10 Å². The Kier molecular flexibility index (Phi) is 7.06. The number of carbonyl (C=O) groups excluding carboxylic acids is 2. The van der Waals surface area contributed by atoms with Gasteiger partial charge in [-0.05, 0) is 49.9 Å². The zero-order valence-electron chi connectivity index (χ0n) is 17.6. The molecule has 0 saturated carbocycles. The molecule has 0 bridgehead atoms. The number of aromatic nitrogens is 2. The van der Waals surface area contributed by atoms with E-state index in [1.165, 1.54) is 6.42 Å². The summed E-state index contributed by atoms with van der Waals surface area (Å²) >= 11 is 0. The monoisotopic (exact) mass is 408 g/mol. The third-order valence-electron chi connectivity index (χ3n) is 4.76. The molecule has 3 aromatic rings. The fourth-order valence-corrected chi connectivity index (χ4v) is 3.18. The summed E-state index contributed by atoms with van der Waals surface area (Å²) in [5.74, 6) is 1.32. The molecule has 30 heavy (non-hydrogen) atoms. The van der Waals surface area contributed by atoms with Crippen LogP contribution in [0, 0.1) is 5.92 Å². The number of ether oxygens (including phenoxy) is 1. The first-order valence-electron chi connectivity index (χ1n) is 10.2. The van der Waals surface area contributed by atoms with Gasteiger partial charge >= 0.3 is 6.03 Å². The molecule has 0 radical (unpaired) electrons. The van der Waals surface area contributed by atoms with Gasteiger partial charge < -0.3 is 4.74 Å². The van der Waals surface area contributed by atoms with E-state index >= 15 is 0 Å². The largest absolute Gasteiger partial charge is 0.491 e. The second-order valence-corrected chi connectivity index (χ2v) is 7.81. The molecule has 3 rings (SSSR count). The first kappa shape index (κ1) is 21.4. The Labute approximate surface area is 176 Å². The third-order valence-corrected chi connectivity index (χ3v) is 4.76. The molecule has 3 N–H and O–H groups in total. The van der Waals surface area contributed by atoms with Gasteiger partial charge in [0, 0.05) is 17.0 Å². The lowest BCUT2D eigenvalue weighted by Crippen LogP contribution is -2.34. The van der Waals surface area contributed by atoms with E-state index in [9.17, 15) is 9.59 Å². The van der Waals surface area contributed by atoms with Crippen LogP contribution in [0.25, 0.3) is 10.9 Å². The number of benzene rings is 2. The number of rotatable bonds is 8. The molecular formula is C23H28N4O3. The molecule has 7 heteroatoms. The molecule has 0 spiro atoms. The third kappa shape index (κ3) is 5.83. The minimum absolute atomic E-state index is 0.122. The Hall–Kier alpha value is -3.35. The molecule has 0 saturated heterocycles. The number of imide groups is 1. The summed E-state index contributed by atoms with van der Waals surface area (Å²) in [7, 11) is 0. The van der Waals surface area contributed by atoms with Crippen LogP contribution in [0.3, 0.4) is 0 Å². The maximum atomic E-state index is 12.2. The van der Waals surface area contributed by atoms with Crippen LogP contribution in [0.2, 0.25) is 0 Å². The van der Waals surface area contributed by atoms with Crippen LogP contribution in [-0.2, 0) is 0 Å². The SMILES string of the molecule is CC(C)CCCC(C)Oc1ccc2c(NC(=O)NC(=O)c3ccccc3)n[nH]c2c1. The second-order valence-electron chi connectivity index (χ2n) is 7.81. The van der Waals surface area contributed by atoms with Gasteiger partial charge in [-0.3, -0.25) is 20.5 Å². The van der Waals surface area contributed by atoms with E-state index in [1.807, 2.05) is 18.2 Å². The molecule has 1 heterocycles. The number of anilines is 1. The first-order valence-corrected chi connectivity index (χ1v) is 10.2. The quantitative estimate of drug-likeness (QED) is 0.482. The van der Waals surface area contributed by atoms with Crippen molar-refractivity contribution in [1.82, 2.24) is 15.5 Å². The molecule has 1 aromatic heterocycles. The standard InChI is InChI=1S/C23H28N4O3/c1-15(2)8-7-9-16(3)30-18-12-13-19-20(14-18)26-27-21(19)24-23(29)25-22(28)17-10-5-4-6-11-17/h4-6,10-16H,7-9H2,1-3H3,(H3,24,25,26,27,28,29). The van der Waals surface area contributed by atoms with E-state index in [4.69, 9.17) is 4.74 Å². The molecule has 2 aromatic carbocycles. The van der Waals surface area contributed by atoms with E-state index < -0.39 is 11.9 Å². The normalized spacial score (nSPS) is 12.0. The number of carbonyl (C=O) groups is 2. The Bertz CT molecular complexity index is 998. The van der Waals surface area contributed by atoms with Gasteiger partial charge in [0.2, 0.25) is 0 Å². The zero-order valence-corrected chi connectivity index (χ0v) is 17.6. The van der Waals surface area contributed by atoms with Crippen LogP contribution in [0.1, 0.15) is 50.4 Å². The van der Waals surface area contributed by atoms with Crippen LogP contribution >= 0.6 is 0 Å². The molecule has 7 nitrogen and oxygen atoms in total. The average molecular weight is 409 g/mol. The fraction of sp³-hybridized carbons (Fsp3) is 0.348. The predicted molar refractivity (Wildman–Crippen MR) is 118 cm³/mol. The zero-order chi connectivity index (χ0) is 21.5. The van der Waals surface area contributed by atoms with Crippen molar-refractivity contribution in [1.29, 1.82) is 0 Å². The molecule has 0 aliphatic heterocycles. The molecule has 1 atom stereocenters. The highest BCUT2D eigenvalue weighted by molar-refractivity contribution is 6.09. The van der Waals surface area contributed by atoms with Crippen LogP contribution < -0.4 is 15.4 Å². The van der Waals surface area contributed by atoms with Gasteiger partial charge in [0.25, 0.3) is 5.91 Å². The van der Waals surface area contributed by atoms with Gasteiger partial charge in [-0.1, -0.05) is 38.5 Å². The maximum Gasteiger partial charge on any atom is 0.327 e. The van der Waals surface area contributed by atoms with Crippen LogP contribution in [0.4, 0.5) is 10.6 Å². The minimum atomic E-state index is -0.642. The Morgan fingerprint density at radius 1 is 1.07 bits per heavy atom. The van der Waals surface area contributed by atoms with E-state index in [2.05, 4.69) is 41.6 Å². The van der Waals surface area contributed by atoms with Crippen LogP contribution in [0.5, 0.6) is 5.75 Å². The summed E-state index contributed by atoms with van der Waals surface area (Å²) in [6.07, 6.45) is 3.45. The number of H-pyrrole nitrogens is 1. The molecule has 0 aliphatic carbocycles. The highest BCUT2D eigenvalue weighted by Gasteiger charge is 2.14. The number of hydrogen-bond donors (Lipinski definition) is 3. The number of fused-ring (bicyclic) bond motifs is 1. The van der Waals surface area contributed by atoms with Crippen LogP contribution in [0.15, 0.2) is 48.5 Å².